The van der Waals surface area contributed by atoms with Gasteiger partial charge in [-0.2, -0.15) is 4.72 Å². The largest absolute Gasteiger partial charge is 0.399 e. The first kappa shape index (κ1) is 14.4. The first-order chi connectivity index (χ1) is 9.29. The number of anilines is 1. The standard InChI is InChI=1S/C11H12FN3O4S/c12-7-5-6(13)1-3-9(7)20(18,19)15-8-2-4-10(16)14-11(8)17/h1,3,5,8,15H,2,4,13H2,(H,14,16,17). The molecule has 4 N–H and O–H groups in total. The van der Waals surface area contributed by atoms with Crippen LogP contribution in [0.15, 0.2) is 23.1 Å². The van der Waals surface area contributed by atoms with Crippen LogP contribution in [0.5, 0.6) is 0 Å². The summed E-state index contributed by atoms with van der Waals surface area (Å²) in [5.74, 6) is -2.23. The molecule has 7 nitrogen and oxygen atoms in total. The first-order valence-corrected chi connectivity index (χ1v) is 7.19. The minimum Gasteiger partial charge on any atom is -0.399 e. The lowest BCUT2D eigenvalue weighted by atomic mass is 10.1. The van der Waals surface area contributed by atoms with Crippen LogP contribution in [0, 0.1) is 5.82 Å². The number of rotatable bonds is 3. The third-order valence-electron chi connectivity index (χ3n) is 2.78. The molecule has 0 bridgehead atoms. The smallest absolute Gasteiger partial charge is 0.244 e. The van der Waals surface area contributed by atoms with Crippen molar-refractivity contribution in [2.24, 2.45) is 0 Å². The molecular weight excluding hydrogens is 289 g/mol. The van der Waals surface area contributed by atoms with E-state index in [4.69, 9.17) is 5.73 Å². The highest BCUT2D eigenvalue weighted by Crippen LogP contribution is 2.18. The average molecular weight is 301 g/mol. The van der Waals surface area contributed by atoms with Crippen molar-refractivity contribution in [3.05, 3.63) is 24.0 Å². The van der Waals surface area contributed by atoms with E-state index in [1.807, 2.05) is 5.32 Å². The summed E-state index contributed by atoms with van der Waals surface area (Å²) in [6.45, 7) is 0. The van der Waals surface area contributed by atoms with Crippen molar-refractivity contribution in [1.82, 2.24) is 10.0 Å². The van der Waals surface area contributed by atoms with Gasteiger partial charge >= 0.3 is 0 Å². The maximum absolute atomic E-state index is 13.6. The lowest BCUT2D eigenvalue weighted by Crippen LogP contribution is -2.52. The van der Waals surface area contributed by atoms with E-state index in [0.29, 0.717) is 0 Å². The summed E-state index contributed by atoms with van der Waals surface area (Å²) in [5, 5.41) is 2.01. The molecule has 9 heteroatoms. The van der Waals surface area contributed by atoms with Crippen molar-refractivity contribution >= 4 is 27.5 Å². The Morgan fingerprint density at radius 3 is 2.65 bits per heavy atom. The molecule has 108 valence electrons. The van der Waals surface area contributed by atoms with Gasteiger partial charge in [-0.3, -0.25) is 14.9 Å². The van der Waals surface area contributed by atoms with Crippen LogP contribution < -0.4 is 15.8 Å². The van der Waals surface area contributed by atoms with E-state index in [1.54, 1.807) is 0 Å². The van der Waals surface area contributed by atoms with E-state index >= 15 is 0 Å². The van der Waals surface area contributed by atoms with Crippen LogP contribution in [0.3, 0.4) is 0 Å². The number of nitrogens with two attached hydrogens (primary N) is 1. The zero-order valence-electron chi connectivity index (χ0n) is 10.2. The number of imide groups is 1. The lowest BCUT2D eigenvalue weighted by Gasteiger charge is -2.21. The number of hydrogen-bond acceptors (Lipinski definition) is 5. The molecule has 1 heterocycles. The quantitative estimate of drug-likeness (QED) is 0.513. The lowest BCUT2D eigenvalue weighted by molar-refractivity contribution is -0.134. The number of sulfonamides is 1. The number of carbonyl (C=O) groups excluding carboxylic acids is 2. The van der Waals surface area contributed by atoms with Crippen LogP contribution in [-0.4, -0.2) is 26.3 Å². The maximum atomic E-state index is 13.6. The van der Waals surface area contributed by atoms with Crippen molar-refractivity contribution in [2.75, 3.05) is 5.73 Å². The predicted octanol–water partition coefficient (Wildman–Crippen LogP) is -0.509. The fourth-order valence-corrected chi connectivity index (χ4v) is 3.08. The monoisotopic (exact) mass is 301 g/mol. The molecule has 0 saturated carbocycles. The molecule has 20 heavy (non-hydrogen) atoms. The second-order valence-corrected chi connectivity index (χ2v) is 6.00. The summed E-state index contributed by atoms with van der Waals surface area (Å²) < 4.78 is 39.7. The first-order valence-electron chi connectivity index (χ1n) is 5.70. The number of nitrogen functional groups attached to an aromatic ring is 1. The van der Waals surface area contributed by atoms with E-state index in [1.165, 1.54) is 6.07 Å². The SMILES string of the molecule is Nc1ccc(S(=O)(=O)NC2CCC(=O)NC2=O)c(F)c1. The molecular formula is C11H12FN3O4S. The van der Waals surface area contributed by atoms with Crippen LogP contribution in [-0.2, 0) is 19.6 Å². The van der Waals surface area contributed by atoms with E-state index in [2.05, 4.69) is 4.72 Å². The zero-order chi connectivity index (χ0) is 14.9. The molecule has 2 amide bonds. The molecule has 0 aromatic heterocycles. The summed E-state index contributed by atoms with van der Waals surface area (Å²) in [6.07, 6.45) is 0.0453. The van der Waals surface area contributed by atoms with Gasteiger partial charge in [-0.1, -0.05) is 0 Å². The minimum absolute atomic E-state index is 0.0170. The minimum atomic E-state index is -4.21. The fraction of sp³-hybridized carbons (Fsp3) is 0.273. The summed E-state index contributed by atoms with van der Waals surface area (Å²) in [6, 6.07) is 2.02. The predicted molar refractivity (Wildman–Crippen MR) is 67.3 cm³/mol. The zero-order valence-corrected chi connectivity index (χ0v) is 11.0. The number of amides is 2. The van der Waals surface area contributed by atoms with E-state index < -0.39 is 38.6 Å². The highest BCUT2D eigenvalue weighted by molar-refractivity contribution is 7.89. The van der Waals surface area contributed by atoms with E-state index in [-0.39, 0.29) is 18.5 Å². The normalized spacial score (nSPS) is 19.8. The Balaban J connectivity index is 2.23. The van der Waals surface area contributed by atoms with Crippen LogP contribution in [0.25, 0.3) is 0 Å². The Bertz CT molecular complexity index is 674. The number of benzene rings is 1. The Labute approximate surface area is 114 Å². The third-order valence-corrected chi connectivity index (χ3v) is 4.29. The van der Waals surface area contributed by atoms with Gasteiger partial charge in [0, 0.05) is 12.1 Å². The van der Waals surface area contributed by atoms with E-state index in [0.717, 1.165) is 12.1 Å². The van der Waals surface area contributed by atoms with Crippen LogP contribution in [0.4, 0.5) is 10.1 Å². The molecule has 1 atom stereocenters. The number of carbonyl (C=O) groups is 2. The van der Waals surface area contributed by atoms with Crippen molar-refractivity contribution < 1.29 is 22.4 Å². The molecule has 1 aliphatic heterocycles. The van der Waals surface area contributed by atoms with Crippen LogP contribution in [0.2, 0.25) is 0 Å². The highest BCUT2D eigenvalue weighted by Gasteiger charge is 2.31. The van der Waals surface area contributed by atoms with Crippen molar-refractivity contribution in [3.63, 3.8) is 0 Å². The van der Waals surface area contributed by atoms with Gasteiger partial charge in [0.25, 0.3) is 0 Å². The van der Waals surface area contributed by atoms with Gasteiger partial charge in [-0.15, -0.1) is 0 Å². The Kier molecular flexibility index (Phi) is 3.73. The molecule has 0 radical (unpaired) electrons. The summed E-state index contributed by atoms with van der Waals surface area (Å²) in [7, 11) is -4.21. The number of halogens is 1. The Hall–Kier alpha value is -2.00. The van der Waals surface area contributed by atoms with Crippen molar-refractivity contribution in [2.45, 2.75) is 23.8 Å². The Morgan fingerprint density at radius 2 is 2.05 bits per heavy atom. The summed E-state index contributed by atoms with van der Waals surface area (Å²) in [5.41, 5.74) is 5.42. The summed E-state index contributed by atoms with van der Waals surface area (Å²) >= 11 is 0. The average Bonchev–Trinajstić information content (AvgIpc) is 2.32. The van der Waals surface area contributed by atoms with E-state index in [9.17, 15) is 22.4 Å². The summed E-state index contributed by atoms with van der Waals surface area (Å²) in [4.78, 5) is 21.8. The molecule has 2 rings (SSSR count). The topological polar surface area (TPSA) is 118 Å². The van der Waals surface area contributed by atoms with Gasteiger partial charge in [0.15, 0.2) is 0 Å². The van der Waals surface area contributed by atoms with Gasteiger partial charge in [-0.25, -0.2) is 12.8 Å². The highest BCUT2D eigenvalue weighted by atomic mass is 32.2. The maximum Gasteiger partial charge on any atom is 0.244 e. The van der Waals surface area contributed by atoms with Crippen LogP contribution in [0.1, 0.15) is 12.8 Å². The van der Waals surface area contributed by atoms with Gasteiger partial charge in [0.05, 0.1) is 0 Å². The van der Waals surface area contributed by atoms with Crippen LogP contribution >= 0.6 is 0 Å². The molecule has 1 aliphatic rings. The molecule has 0 aliphatic carbocycles. The molecule has 1 unspecified atom stereocenters. The number of piperidine rings is 1. The second-order valence-electron chi connectivity index (χ2n) is 4.31. The number of nitrogens with one attached hydrogen (secondary N) is 2. The van der Waals surface area contributed by atoms with Crippen molar-refractivity contribution in [3.8, 4) is 0 Å². The molecule has 1 fully saturated rings. The van der Waals surface area contributed by atoms with Gasteiger partial charge in [0.1, 0.15) is 16.8 Å². The van der Waals surface area contributed by atoms with Gasteiger partial charge in [0.2, 0.25) is 21.8 Å². The molecule has 1 aromatic carbocycles. The van der Waals surface area contributed by atoms with Crippen molar-refractivity contribution in [1.29, 1.82) is 0 Å². The third kappa shape index (κ3) is 2.94. The molecule has 0 spiro atoms. The molecule has 1 saturated heterocycles. The fourth-order valence-electron chi connectivity index (χ4n) is 1.79. The Morgan fingerprint density at radius 1 is 1.35 bits per heavy atom. The molecule has 1 aromatic rings. The number of hydrogen-bond donors (Lipinski definition) is 3. The van der Waals surface area contributed by atoms with Gasteiger partial charge < -0.3 is 5.73 Å². The van der Waals surface area contributed by atoms with Gasteiger partial charge in [-0.05, 0) is 24.6 Å². The second kappa shape index (κ2) is 5.17.